The second kappa shape index (κ2) is 9.07. The maximum Gasteiger partial charge on any atom is 0.264 e. The fourth-order valence-electron chi connectivity index (χ4n) is 4.42. The van der Waals surface area contributed by atoms with E-state index in [2.05, 4.69) is 34.8 Å². The van der Waals surface area contributed by atoms with Crippen LogP contribution in [0.1, 0.15) is 29.8 Å². The van der Waals surface area contributed by atoms with Gasteiger partial charge < -0.3 is 5.11 Å². The van der Waals surface area contributed by atoms with Gasteiger partial charge in [0.25, 0.3) is 5.56 Å². The number of pyridine rings is 1. The van der Waals surface area contributed by atoms with Gasteiger partial charge in [0, 0.05) is 42.8 Å². The predicted octanol–water partition coefficient (Wildman–Crippen LogP) is 3.00. The summed E-state index contributed by atoms with van der Waals surface area (Å²) in [5.41, 5.74) is 3.33. The maximum atomic E-state index is 13.6. The molecule has 0 amide bonds. The van der Waals surface area contributed by atoms with Gasteiger partial charge in [-0.25, -0.2) is 0 Å². The van der Waals surface area contributed by atoms with Crippen LogP contribution in [0.3, 0.4) is 0 Å². The molecule has 0 spiro atoms. The first-order valence-corrected chi connectivity index (χ1v) is 11.3. The number of hydrogen-bond donors (Lipinski definition) is 1. The highest BCUT2D eigenvalue weighted by atomic mass is 16.3. The van der Waals surface area contributed by atoms with Crippen molar-refractivity contribution >= 4 is 10.8 Å². The largest absolute Gasteiger partial charge is 0.395 e. The van der Waals surface area contributed by atoms with Crippen LogP contribution in [0.25, 0.3) is 16.5 Å². The van der Waals surface area contributed by atoms with Gasteiger partial charge in [-0.1, -0.05) is 49.1 Å². The predicted molar refractivity (Wildman–Crippen MR) is 130 cm³/mol. The average Bonchev–Trinajstić information content (AvgIpc) is 3.28. The molecule has 0 saturated carbocycles. The lowest BCUT2D eigenvalue weighted by molar-refractivity contribution is 0.0774. The summed E-state index contributed by atoms with van der Waals surface area (Å²) in [4.78, 5) is 15.8. The molecule has 166 valence electrons. The van der Waals surface area contributed by atoms with Crippen LogP contribution in [0.4, 0.5) is 0 Å². The third kappa shape index (κ3) is 4.09. The van der Waals surface area contributed by atoms with Crippen molar-refractivity contribution in [3.05, 3.63) is 94.2 Å². The van der Waals surface area contributed by atoms with Crippen LogP contribution in [0.2, 0.25) is 0 Å². The number of aromatic nitrogens is 3. The molecule has 3 heterocycles. The Hall–Kier alpha value is -3.66. The van der Waals surface area contributed by atoms with Crippen LogP contribution in [-0.4, -0.2) is 50.6 Å². The van der Waals surface area contributed by atoms with Gasteiger partial charge in [0.2, 0.25) is 0 Å². The van der Waals surface area contributed by atoms with E-state index in [9.17, 15) is 4.79 Å². The van der Waals surface area contributed by atoms with E-state index in [1.807, 2.05) is 59.4 Å². The lowest BCUT2D eigenvalue weighted by Gasteiger charge is -2.38. The van der Waals surface area contributed by atoms with Crippen LogP contribution in [0, 0.1) is 11.8 Å². The van der Waals surface area contributed by atoms with Gasteiger partial charge in [-0.3, -0.25) is 18.9 Å². The Bertz CT molecular complexity index is 1400. The van der Waals surface area contributed by atoms with Crippen molar-refractivity contribution in [2.24, 2.45) is 0 Å². The molecule has 6 heteroatoms. The summed E-state index contributed by atoms with van der Waals surface area (Å²) in [6.07, 6.45) is 4.48. The Morgan fingerprint density at radius 1 is 1.09 bits per heavy atom. The number of rotatable bonds is 5. The van der Waals surface area contributed by atoms with Gasteiger partial charge in [-0.05, 0) is 36.1 Å². The van der Waals surface area contributed by atoms with Gasteiger partial charge in [0.1, 0.15) is 0 Å². The molecule has 1 aliphatic heterocycles. The highest BCUT2D eigenvalue weighted by Crippen LogP contribution is 2.21. The van der Waals surface area contributed by atoms with Gasteiger partial charge in [-0.2, -0.15) is 5.10 Å². The zero-order valence-electron chi connectivity index (χ0n) is 18.6. The number of aliphatic hydroxyl groups is 1. The van der Waals surface area contributed by atoms with Crippen molar-refractivity contribution in [1.82, 2.24) is 19.2 Å². The van der Waals surface area contributed by atoms with E-state index in [0.717, 1.165) is 47.4 Å². The number of β-amino-alcohol motifs (C(OH)–C–C–N with tert-alkyl or cyclic N) is 1. The van der Waals surface area contributed by atoms with Crippen molar-refractivity contribution in [2.75, 3.05) is 26.2 Å². The number of hydrogen-bond acceptors (Lipinski definition) is 4. The van der Waals surface area contributed by atoms with Crippen LogP contribution in [0.15, 0.2) is 71.8 Å². The molecule has 0 atom stereocenters. The Morgan fingerprint density at radius 3 is 2.67 bits per heavy atom. The minimum absolute atomic E-state index is 0.0467. The third-order valence-corrected chi connectivity index (χ3v) is 6.17. The van der Waals surface area contributed by atoms with Crippen molar-refractivity contribution in [3.8, 4) is 17.5 Å². The van der Waals surface area contributed by atoms with Crippen molar-refractivity contribution in [2.45, 2.75) is 19.4 Å². The quantitative estimate of drug-likeness (QED) is 0.487. The van der Waals surface area contributed by atoms with E-state index >= 15 is 0 Å². The molecule has 4 aromatic rings. The van der Waals surface area contributed by atoms with Gasteiger partial charge in [0.15, 0.2) is 0 Å². The summed E-state index contributed by atoms with van der Waals surface area (Å²) >= 11 is 0. The Morgan fingerprint density at radius 2 is 1.91 bits per heavy atom. The van der Waals surface area contributed by atoms with E-state index in [0.29, 0.717) is 18.0 Å². The number of nitrogens with zero attached hydrogens (tertiary/aromatic N) is 4. The molecule has 1 fully saturated rings. The van der Waals surface area contributed by atoms with E-state index < -0.39 is 0 Å². The summed E-state index contributed by atoms with van der Waals surface area (Å²) in [5, 5.41) is 15.0. The molecule has 2 aromatic carbocycles. The first-order chi connectivity index (χ1) is 16.2. The molecular weight excluding hydrogens is 412 g/mol. The maximum absolute atomic E-state index is 13.6. The zero-order valence-corrected chi connectivity index (χ0v) is 18.6. The lowest BCUT2D eigenvalue weighted by Crippen LogP contribution is -2.48. The van der Waals surface area contributed by atoms with E-state index in [1.54, 1.807) is 10.8 Å². The summed E-state index contributed by atoms with van der Waals surface area (Å²) in [6, 6.07) is 18.0. The number of likely N-dealkylation sites (tertiary alicyclic amines) is 1. The first kappa shape index (κ1) is 21.2. The van der Waals surface area contributed by atoms with Crippen molar-refractivity contribution in [3.63, 3.8) is 0 Å². The monoisotopic (exact) mass is 438 g/mol. The zero-order chi connectivity index (χ0) is 22.8. The van der Waals surface area contributed by atoms with Gasteiger partial charge in [-0.15, -0.1) is 0 Å². The van der Waals surface area contributed by atoms with Crippen LogP contribution in [0.5, 0.6) is 0 Å². The molecule has 1 saturated heterocycles. The minimum Gasteiger partial charge on any atom is -0.395 e. The highest BCUT2D eigenvalue weighted by Gasteiger charge is 2.27. The minimum atomic E-state index is -0.0467. The van der Waals surface area contributed by atoms with Crippen molar-refractivity contribution in [1.29, 1.82) is 0 Å². The normalized spacial score (nSPS) is 14.1. The summed E-state index contributed by atoms with van der Waals surface area (Å²) in [5.74, 6) is 6.41. The number of aryl methyl sites for hydroxylation is 1. The fourth-order valence-corrected chi connectivity index (χ4v) is 4.42. The molecule has 0 aliphatic carbocycles. The number of aliphatic hydroxyl groups excluding tert-OH is 1. The number of benzene rings is 2. The molecule has 5 rings (SSSR count). The number of fused-ring (bicyclic) bond motifs is 1. The molecule has 0 bridgehead atoms. The summed E-state index contributed by atoms with van der Waals surface area (Å²) < 4.78 is 3.73. The standard InChI is InChI=1S/C27H26N4O2/c1-2-23-15-22-8-6-7-21(26(22)27(33)31(23)24-9-4-3-5-10-24)12-11-20-16-28-30(17-20)25-18-29(19-25)13-14-32/h3-10,15-17,25,32H,2,13-14,18-19H2,1H3. The molecule has 33 heavy (non-hydrogen) atoms. The second-order valence-corrected chi connectivity index (χ2v) is 8.33. The SMILES string of the molecule is CCc1cc2cccc(C#Cc3cnn(C4CN(CCO)C4)c3)c2c(=O)n1-c1ccccc1. The molecule has 6 nitrogen and oxygen atoms in total. The fraction of sp³-hybridized carbons (Fsp3) is 0.259. The smallest absolute Gasteiger partial charge is 0.264 e. The van der Waals surface area contributed by atoms with E-state index in [4.69, 9.17) is 5.11 Å². The second-order valence-electron chi connectivity index (χ2n) is 8.33. The summed E-state index contributed by atoms with van der Waals surface area (Å²) in [7, 11) is 0. The van der Waals surface area contributed by atoms with E-state index in [-0.39, 0.29) is 12.2 Å². The Kier molecular flexibility index (Phi) is 5.82. The molecule has 1 N–H and O–H groups in total. The Labute approximate surface area is 192 Å². The number of para-hydroxylation sites is 1. The van der Waals surface area contributed by atoms with Crippen LogP contribution >= 0.6 is 0 Å². The van der Waals surface area contributed by atoms with Gasteiger partial charge >= 0.3 is 0 Å². The van der Waals surface area contributed by atoms with Crippen LogP contribution in [-0.2, 0) is 6.42 Å². The van der Waals surface area contributed by atoms with Crippen molar-refractivity contribution < 1.29 is 5.11 Å². The first-order valence-electron chi connectivity index (χ1n) is 11.3. The topological polar surface area (TPSA) is 63.3 Å². The Balaban J connectivity index is 1.51. The van der Waals surface area contributed by atoms with E-state index in [1.165, 1.54) is 0 Å². The third-order valence-electron chi connectivity index (χ3n) is 6.17. The molecule has 1 aliphatic rings. The van der Waals surface area contributed by atoms with Crippen LogP contribution < -0.4 is 5.56 Å². The molecular formula is C27H26N4O2. The molecule has 0 radical (unpaired) electrons. The summed E-state index contributed by atoms with van der Waals surface area (Å²) in [6.45, 7) is 4.71. The molecule has 0 unspecified atom stereocenters. The lowest BCUT2D eigenvalue weighted by atomic mass is 10.0. The van der Waals surface area contributed by atoms with Gasteiger partial charge in [0.05, 0.1) is 29.8 Å². The average molecular weight is 439 g/mol. The highest BCUT2D eigenvalue weighted by molar-refractivity contribution is 5.88. The molecule has 2 aromatic heterocycles.